The summed E-state index contributed by atoms with van der Waals surface area (Å²) in [7, 11) is -3.18. The summed E-state index contributed by atoms with van der Waals surface area (Å²) in [4.78, 5) is 11.6. The third-order valence-electron chi connectivity index (χ3n) is 3.33. The second-order valence-electron chi connectivity index (χ2n) is 4.99. The van der Waals surface area contributed by atoms with E-state index >= 15 is 0 Å². The number of sulfonamides is 1. The minimum Gasteiger partial charge on any atom is -0.481 e. The zero-order chi connectivity index (χ0) is 16.0. The second-order valence-corrected chi connectivity index (χ2v) is 7.08. The number of halogens is 1. The monoisotopic (exact) mass is 330 g/mol. The fourth-order valence-corrected chi connectivity index (χ4v) is 3.77. The molecule has 122 valence electrons. The van der Waals surface area contributed by atoms with Crippen LogP contribution in [0.3, 0.4) is 0 Å². The lowest BCUT2D eigenvalue weighted by Crippen LogP contribution is -2.43. The molecule has 1 amide bonds. The fourth-order valence-electron chi connectivity index (χ4n) is 2.17. The number of amides is 1. The first-order valence-corrected chi connectivity index (χ1v) is 8.72. The summed E-state index contributed by atoms with van der Waals surface area (Å²) in [6.45, 7) is 0.629. The van der Waals surface area contributed by atoms with Crippen molar-refractivity contribution in [3.05, 3.63) is 30.1 Å². The molecule has 1 fully saturated rings. The standard InChI is InChI=1S/C14H19FN2O4S/c15-12-5-1-2-6-13(12)21-11-14(18)16-7-9-17-8-3-4-10-22(17,19)20/h1-2,5-6H,3-4,7-11H2,(H,16,18). The van der Waals surface area contributed by atoms with Crippen molar-refractivity contribution in [2.45, 2.75) is 12.8 Å². The number of carbonyl (C=O) groups excluding carboxylic acids is 1. The van der Waals surface area contributed by atoms with E-state index in [1.807, 2.05) is 0 Å². The molecule has 1 aromatic rings. The van der Waals surface area contributed by atoms with Gasteiger partial charge in [-0.25, -0.2) is 17.1 Å². The number of carbonyl (C=O) groups is 1. The molecule has 2 rings (SSSR count). The van der Waals surface area contributed by atoms with Crippen molar-refractivity contribution in [1.82, 2.24) is 9.62 Å². The number of ether oxygens (including phenoxy) is 1. The first kappa shape index (κ1) is 16.7. The molecule has 1 aliphatic heterocycles. The molecule has 0 atom stereocenters. The van der Waals surface area contributed by atoms with Gasteiger partial charge >= 0.3 is 0 Å². The van der Waals surface area contributed by atoms with Crippen LogP contribution in [0.2, 0.25) is 0 Å². The summed E-state index contributed by atoms with van der Waals surface area (Å²) in [5.74, 6) is -0.777. The summed E-state index contributed by atoms with van der Waals surface area (Å²) in [5.41, 5.74) is 0. The minimum atomic E-state index is -3.18. The Kier molecular flexibility index (Phi) is 5.73. The predicted octanol–water partition coefficient (Wildman–Crippen LogP) is 0.746. The van der Waals surface area contributed by atoms with Crippen molar-refractivity contribution < 1.29 is 22.3 Å². The SMILES string of the molecule is O=C(COc1ccccc1F)NCCN1CCCCS1(=O)=O. The Balaban J connectivity index is 1.71. The van der Waals surface area contributed by atoms with Gasteiger partial charge in [-0.05, 0) is 25.0 Å². The summed E-state index contributed by atoms with van der Waals surface area (Å²) in [6.07, 6.45) is 1.52. The number of nitrogens with zero attached hydrogens (tertiary/aromatic N) is 1. The van der Waals surface area contributed by atoms with Crippen LogP contribution >= 0.6 is 0 Å². The lowest BCUT2D eigenvalue weighted by Gasteiger charge is -2.26. The predicted molar refractivity (Wildman–Crippen MR) is 79.5 cm³/mol. The van der Waals surface area contributed by atoms with Gasteiger partial charge in [-0.15, -0.1) is 0 Å². The van der Waals surface area contributed by atoms with Gasteiger partial charge in [0.2, 0.25) is 10.0 Å². The van der Waals surface area contributed by atoms with Gasteiger partial charge in [0.15, 0.2) is 18.2 Å². The van der Waals surface area contributed by atoms with Crippen LogP contribution in [0, 0.1) is 5.82 Å². The van der Waals surface area contributed by atoms with Gasteiger partial charge in [0.25, 0.3) is 5.91 Å². The number of rotatable bonds is 6. The first-order chi connectivity index (χ1) is 10.5. The van der Waals surface area contributed by atoms with E-state index in [9.17, 15) is 17.6 Å². The van der Waals surface area contributed by atoms with Crippen LogP contribution < -0.4 is 10.1 Å². The lowest BCUT2D eigenvalue weighted by atomic mass is 10.3. The molecule has 0 radical (unpaired) electrons. The molecule has 1 heterocycles. The summed E-state index contributed by atoms with van der Waals surface area (Å²) in [6, 6.07) is 5.82. The smallest absolute Gasteiger partial charge is 0.257 e. The van der Waals surface area contributed by atoms with E-state index in [0.717, 1.165) is 6.42 Å². The molecule has 0 saturated carbocycles. The zero-order valence-electron chi connectivity index (χ0n) is 12.1. The Morgan fingerprint density at radius 3 is 2.82 bits per heavy atom. The Hall–Kier alpha value is -1.67. The van der Waals surface area contributed by atoms with Crippen molar-refractivity contribution >= 4 is 15.9 Å². The van der Waals surface area contributed by atoms with Gasteiger partial charge in [-0.2, -0.15) is 0 Å². The van der Waals surface area contributed by atoms with E-state index in [-0.39, 0.29) is 31.2 Å². The summed E-state index contributed by atoms with van der Waals surface area (Å²) >= 11 is 0. The third-order valence-corrected chi connectivity index (χ3v) is 5.29. The summed E-state index contributed by atoms with van der Waals surface area (Å²) in [5, 5.41) is 2.56. The van der Waals surface area contributed by atoms with Crippen LogP contribution in [-0.4, -0.2) is 50.6 Å². The van der Waals surface area contributed by atoms with E-state index in [1.165, 1.54) is 22.5 Å². The molecule has 0 aromatic heterocycles. The topological polar surface area (TPSA) is 75.7 Å². The largest absolute Gasteiger partial charge is 0.481 e. The Labute approximate surface area is 129 Å². The van der Waals surface area contributed by atoms with Crippen molar-refractivity contribution in [1.29, 1.82) is 0 Å². The normalized spacial score (nSPS) is 17.9. The maximum Gasteiger partial charge on any atom is 0.257 e. The number of para-hydroxylation sites is 1. The molecule has 1 aliphatic rings. The highest BCUT2D eigenvalue weighted by molar-refractivity contribution is 7.89. The van der Waals surface area contributed by atoms with Crippen molar-refractivity contribution in [2.24, 2.45) is 0 Å². The van der Waals surface area contributed by atoms with Crippen LogP contribution in [0.5, 0.6) is 5.75 Å². The average Bonchev–Trinajstić information content (AvgIpc) is 2.48. The quantitative estimate of drug-likeness (QED) is 0.835. The van der Waals surface area contributed by atoms with Crippen LogP contribution in [0.25, 0.3) is 0 Å². The zero-order valence-corrected chi connectivity index (χ0v) is 12.9. The molecule has 1 aromatic carbocycles. The van der Waals surface area contributed by atoms with E-state index in [1.54, 1.807) is 6.07 Å². The highest BCUT2D eigenvalue weighted by atomic mass is 32.2. The van der Waals surface area contributed by atoms with Gasteiger partial charge in [0.05, 0.1) is 5.75 Å². The Morgan fingerprint density at radius 2 is 2.09 bits per heavy atom. The fraction of sp³-hybridized carbons (Fsp3) is 0.500. The molecule has 0 spiro atoms. The van der Waals surface area contributed by atoms with E-state index < -0.39 is 21.7 Å². The van der Waals surface area contributed by atoms with Gasteiger partial charge in [-0.1, -0.05) is 12.1 Å². The molecule has 1 saturated heterocycles. The second kappa shape index (κ2) is 7.55. The highest BCUT2D eigenvalue weighted by Gasteiger charge is 2.25. The van der Waals surface area contributed by atoms with Crippen LogP contribution in [0.1, 0.15) is 12.8 Å². The molecular weight excluding hydrogens is 311 g/mol. The van der Waals surface area contributed by atoms with Gasteiger partial charge in [0, 0.05) is 19.6 Å². The Bertz CT molecular complexity index is 621. The maximum atomic E-state index is 13.3. The van der Waals surface area contributed by atoms with E-state index in [2.05, 4.69) is 5.32 Å². The summed E-state index contributed by atoms with van der Waals surface area (Å²) < 4.78 is 43.2. The van der Waals surface area contributed by atoms with Crippen molar-refractivity contribution in [3.8, 4) is 5.75 Å². The van der Waals surface area contributed by atoms with Crippen molar-refractivity contribution in [2.75, 3.05) is 32.0 Å². The molecule has 0 aliphatic carbocycles. The Morgan fingerprint density at radius 1 is 1.32 bits per heavy atom. The van der Waals surface area contributed by atoms with E-state index in [4.69, 9.17) is 4.74 Å². The molecule has 6 nitrogen and oxygen atoms in total. The molecule has 22 heavy (non-hydrogen) atoms. The molecule has 0 bridgehead atoms. The molecular formula is C14H19FN2O4S. The van der Waals surface area contributed by atoms with Gasteiger partial charge in [-0.3, -0.25) is 4.79 Å². The van der Waals surface area contributed by atoms with Crippen molar-refractivity contribution in [3.63, 3.8) is 0 Å². The number of nitrogens with one attached hydrogen (secondary N) is 1. The first-order valence-electron chi connectivity index (χ1n) is 7.11. The third kappa shape index (κ3) is 4.67. The van der Waals surface area contributed by atoms with Crippen LogP contribution in [-0.2, 0) is 14.8 Å². The highest BCUT2D eigenvalue weighted by Crippen LogP contribution is 2.15. The maximum absolute atomic E-state index is 13.3. The molecule has 8 heteroatoms. The molecule has 1 N–H and O–H groups in total. The number of hydrogen-bond donors (Lipinski definition) is 1. The van der Waals surface area contributed by atoms with Crippen LogP contribution in [0.4, 0.5) is 4.39 Å². The average molecular weight is 330 g/mol. The molecule has 0 unspecified atom stereocenters. The number of benzene rings is 1. The van der Waals surface area contributed by atoms with E-state index in [0.29, 0.717) is 13.0 Å². The van der Waals surface area contributed by atoms with Crippen LogP contribution in [0.15, 0.2) is 24.3 Å². The minimum absolute atomic E-state index is 0.0104. The van der Waals surface area contributed by atoms with Gasteiger partial charge < -0.3 is 10.1 Å². The lowest BCUT2D eigenvalue weighted by molar-refractivity contribution is -0.123. The number of hydrogen-bond acceptors (Lipinski definition) is 4. The van der Waals surface area contributed by atoms with Gasteiger partial charge in [0.1, 0.15) is 0 Å².